The minimum Gasteiger partial charge on any atom is -0.495 e. The number of hydrogen-bond donors (Lipinski definition) is 1. The number of rotatable bonds is 7. The summed E-state index contributed by atoms with van der Waals surface area (Å²) in [4.78, 5) is 17.1. The molecular formula is C25H32N3O3+. The highest BCUT2D eigenvalue weighted by molar-refractivity contribution is 6.00. The van der Waals surface area contributed by atoms with E-state index in [1.54, 1.807) is 13.4 Å². The number of quaternary nitrogens is 1. The highest BCUT2D eigenvalue weighted by Crippen LogP contribution is 2.27. The Kier molecular flexibility index (Phi) is 6.18. The molecule has 2 aromatic heterocycles. The molecule has 0 radical (unpaired) electrons. The molecule has 1 saturated heterocycles. The number of aryl methyl sites for hydroxylation is 1. The summed E-state index contributed by atoms with van der Waals surface area (Å²) in [7, 11) is 1.71. The second-order valence-corrected chi connectivity index (χ2v) is 8.35. The summed E-state index contributed by atoms with van der Waals surface area (Å²) in [5, 5.41) is 0. The number of nitrogens with zero attached hydrogens (tertiary/aromatic N) is 2. The van der Waals surface area contributed by atoms with Crippen molar-refractivity contribution < 1.29 is 18.8 Å². The summed E-state index contributed by atoms with van der Waals surface area (Å²) in [5.74, 6) is 2.02. The fourth-order valence-electron chi connectivity index (χ4n) is 4.63. The number of benzene rings is 1. The van der Waals surface area contributed by atoms with Crippen LogP contribution in [0.4, 0.5) is 5.69 Å². The Balaban J connectivity index is 1.43. The molecule has 164 valence electrons. The van der Waals surface area contributed by atoms with Gasteiger partial charge in [-0.1, -0.05) is 12.1 Å². The molecule has 6 nitrogen and oxygen atoms in total. The average Bonchev–Trinajstić information content (AvgIpc) is 3.42. The molecule has 31 heavy (non-hydrogen) atoms. The molecule has 0 aliphatic carbocycles. The Labute approximate surface area is 184 Å². The number of ether oxygens (including phenoxy) is 1. The van der Waals surface area contributed by atoms with E-state index < -0.39 is 0 Å². The van der Waals surface area contributed by atoms with Crippen LogP contribution < -0.4 is 14.5 Å². The lowest BCUT2D eigenvalue weighted by Crippen LogP contribution is -3.18. The minimum absolute atomic E-state index is 0.0719. The number of Topliss-reactive ketones (excluding diaryl/α,β-unsaturated/α-hetero) is 1. The zero-order valence-corrected chi connectivity index (χ0v) is 18.9. The molecular weight excluding hydrogens is 390 g/mol. The maximum Gasteiger partial charge on any atom is 0.221 e. The quantitative estimate of drug-likeness (QED) is 0.595. The van der Waals surface area contributed by atoms with E-state index >= 15 is 0 Å². The molecule has 4 rings (SSSR count). The van der Waals surface area contributed by atoms with Crippen molar-refractivity contribution in [3.05, 3.63) is 71.4 Å². The van der Waals surface area contributed by atoms with Crippen LogP contribution >= 0.6 is 0 Å². The van der Waals surface area contributed by atoms with Gasteiger partial charge in [-0.3, -0.25) is 4.79 Å². The van der Waals surface area contributed by atoms with Crippen LogP contribution in [-0.2, 0) is 6.54 Å². The highest BCUT2D eigenvalue weighted by Gasteiger charge is 2.32. The fourth-order valence-corrected chi connectivity index (χ4v) is 4.63. The number of para-hydroxylation sites is 2. The van der Waals surface area contributed by atoms with Crippen molar-refractivity contribution in [3.8, 4) is 5.75 Å². The van der Waals surface area contributed by atoms with Gasteiger partial charge in [0.1, 0.15) is 17.6 Å². The van der Waals surface area contributed by atoms with E-state index in [1.165, 1.54) is 4.90 Å². The van der Waals surface area contributed by atoms with Gasteiger partial charge in [0, 0.05) is 17.0 Å². The van der Waals surface area contributed by atoms with E-state index in [2.05, 4.69) is 29.4 Å². The van der Waals surface area contributed by atoms with E-state index in [4.69, 9.17) is 9.15 Å². The number of nitrogens with one attached hydrogen (secondary N) is 1. The Morgan fingerprint density at radius 3 is 2.58 bits per heavy atom. The van der Waals surface area contributed by atoms with Crippen molar-refractivity contribution in [2.45, 2.75) is 33.4 Å². The van der Waals surface area contributed by atoms with Crippen LogP contribution in [0.2, 0.25) is 0 Å². The van der Waals surface area contributed by atoms with Gasteiger partial charge in [-0.05, 0) is 51.1 Å². The standard InChI is InChI=1S/C25H31N3O3/c1-18-16-22(19(2)28(18)17-21-8-7-15-31-21)25(29)20(3)26-11-13-27(14-12-26)23-9-5-6-10-24(23)30-4/h5-10,15-16,20H,11-14,17H2,1-4H3/p+1/t20-/m1/s1. The number of carbonyl (C=O) groups excluding carboxylic acids is 1. The van der Waals surface area contributed by atoms with Gasteiger partial charge in [-0.25, -0.2) is 0 Å². The van der Waals surface area contributed by atoms with Gasteiger partial charge in [-0.2, -0.15) is 0 Å². The van der Waals surface area contributed by atoms with Crippen molar-refractivity contribution in [1.29, 1.82) is 0 Å². The number of hydrogen-bond acceptors (Lipinski definition) is 4. The van der Waals surface area contributed by atoms with Gasteiger partial charge in [0.2, 0.25) is 5.78 Å². The first-order valence-corrected chi connectivity index (χ1v) is 11.0. The lowest BCUT2D eigenvalue weighted by atomic mass is 10.0. The smallest absolute Gasteiger partial charge is 0.221 e. The molecule has 1 aromatic carbocycles. The molecule has 3 aromatic rings. The summed E-state index contributed by atoms with van der Waals surface area (Å²) in [6, 6.07) is 14.0. The third-order valence-electron chi connectivity index (χ3n) is 6.57. The largest absolute Gasteiger partial charge is 0.495 e. The van der Waals surface area contributed by atoms with E-state index in [0.29, 0.717) is 6.54 Å². The van der Waals surface area contributed by atoms with E-state index in [9.17, 15) is 4.79 Å². The topological polar surface area (TPSA) is 52.1 Å². The summed E-state index contributed by atoms with van der Waals surface area (Å²) >= 11 is 0. The van der Waals surface area contributed by atoms with Crippen molar-refractivity contribution in [2.75, 3.05) is 38.2 Å². The second-order valence-electron chi connectivity index (χ2n) is 8.35. The van der Waals surface area contributed by atoms with Crippen LogP contribution in [0.25, 0.3) is 0 Å². The first-order valence-electron chi connectivity index (χ1n) is 11.0. The van der Waals surface area contributed by atoms with Crippen LogP contribution in [0.1, 0.15) is 34.4 Å². The van der Waals surface area contributed by atoms with Crippen molar-refractivity contribution >= 4 is 11.5 Å². The first-order chi connectivity index (χ1) is 15.0. The predicted molar refractivity (Wildman–Crippen MR) is 121 cm³/mol. The van der Waals surface area contributed by atoms with Crippen molar-refractivity contribution in [3.63, 3.8) is 0 Å². The second kappa shape index (κ2) is 9.02. The molecule has 0 saturated carbocycles. The SMILES string of the molecule is COc1ccccc1N1CC[NH+]([C@H](C)C(=O)c2cc(C)n(Cc3ccco3)c2C)CC1. The lowest BCUT2D eigenvalue weighted by molar-refractivity contribution is -0.914. The molecule has 1 N–H and O–H groups in total. The third kappa shape index (κ3) is 4.26. The third-order valence-corrected chi connectivity index (χ3v) is 6.57. The normalized spacial score (nSPS) is 15.8. The lowest BCUT2D eigenvalue weighted by Gasteiger charge is -2.36. The fraction of sp³-hybridized carbons (Fsp3) is 0.400. The summed E-state index contributed by atoms with van der Waals surface area (Å²) in [6.45, 7) is 10.5. The molecule has 1 atom stereocenters. The molecule has 1 aliphatic rings. The predicted octanol–water partition coefficient (Wildman–Crippen LogP) is 2.73. The zero-order valence-electron chi connectivity index (χ0n) is 18.9. The Hall–Kier alpha value is -2.99. The number of methoxy groups -OCH3 is 1. The summed E-state index contributed by atoms with van der Waals surface area (Å²) in [5.41, 5.74) is 4.05. The molecule has 1 fully saturated rings. The van der Waals surface area contributed by atoms with E-state index in [-0.39, 0.29) is 11.8 Å². The van der Waals surface area contributed by atoms with Gasteiger partial charge in [-0.15, -0.1) is 0 Å². The van der Waals surface area contributed by atoms with Crippen LogP contribution in [0.5, 0.6) is 5.75 Å². The van der Waals surface area contributed by atoms with E-state index in [1.807, 2.05) is 43.3 Å². The number of anilines is 1. The van der Waals surface area contributed by atoms with Gasteiger partial charge in [0.05, 0.1) is 51.8 Å². The maximum atomic E-state index is 13.4. The first kappa shape index (κ1) is 21.2. The van der Waals surface area contributed by atoms with Crippen LogP contribution in [-0.4, -0.2) is 49.7 Å². The number of ketones is 1. The Morgan fingerprint density at radius 1 is 1.16 bits per heavy atom. The molecule has 3 heterocycles. The molecule has 0 amide bonds. The number of carbonyl (C=O) groups is 1. The van der Waals surface area contributed by atoms with Crippen LogP contribution in [0.3, 0.4) is 0 Å². The van der Waals surface area contributed by atoms with Crippen molar-refractivity contribution in [2.24, 2.45) is 0 Å². The zero-order chi connectivity index (χ0) is 22.0. The average molecular weight is 423 g/mol. The van der Waals surface area contributed by atoms with Crippen LogP contribution in [0.15, 0.2) is 53.1 Å². The Morgan fingerprint density at radius 2 is 1.90 bits per heavy atom. The number of furan rings is 1. The number of aromatic nitrogens is 1. The minimum atomic E-state index is -0.0719. The molecule has 6 heteroatoms. The molecule has 1 aliphatic heterocycles. The molecule has 0 bridgehead atoms. The summed E-state index contributed by atoms with van der Waals surface area (Å²) < 4.78 is 13.2. The maximum absolute atomic E-state index is 13.4. The van der Waals surface area contributed by atoms with E-state index in [0.717, 1.165) is 60.3 Å². The van der Waals surface area contributed by atoms with Gasteiger partial charge < -0.3 is 23.5 Å². The highest BCUT2D eigenvalue weighted by atomic mass is 16.5. The monoisotopic (exact) mass is 422 g/mol. The van der Waals surface area contributed by atoms with Gasteiger partial charge in [0.15, 0.2) is 0 Å². The molecule has 0 unspecified atom stereocenters. The van der Waals surface area contributed by atoms with Crippen LogP contribution in [0, 0.1) is 13.8 Å². The van der Waals surface area contributed by atoms with Crippen molar-refractivity contribution in [1.82, 2.24) is 4.57 Å². The Bertz CT molecular complexity index is 1030. The summed E-state index contributed by atoms with van der Waals surface area (Å²) in [6.07, 6.45) is 1.69. The number of piperazine rings is 1. The van der Waals surface area contributed by atoms with Gasteiger partial charge >= 0.3 is 0 Å². The molecule has 0 spiro atoms. The van der Waals surface area contributed by atoms with Gasteiger partial charge in [0.25, 0.3) is 0 Å².